The number of nitrogens with zero attached hydrogens (tertiary/aromatic N) is 1. The third-order valence-electron chi connectivity index (χ3n) is 4.36. The molecule has 0 aliphatic carbocycles. The standard InChI is InChI=1S/C22H23N3O3/c1-14(2)17-11-7-8-12-18(17)23-21(26)15(3)28-22(27)20-13-19(24-25-20)16-9-5-4-6-10-16/h4-15H,1-3H3,(H,23,26)(H,24,25)/t15-/m1/s1. The third-order valence-corrected chi connectivity index (χ3v) is 4.36. The van der Waals surface area contributed by atoms with Crippen molar-refractivity contribution in [1.82, 2.24) is 10.2 Å². The van der Waals surface area contributed by atoms with Gasteiger partial charge in [-0.05, 0) is 30.5 Å². The average molecular weight is 377 g/mol. The van der Waals surface area contributed by atoms with Crippen molar-refractivity contribution in [1.29, 1.82) is 0 Å². The second-order valence-corrected chi connectivity index (χ2v) is 6.81. The van der Waals surface area contributed by atoms with E-state index in [1.165, 1.54) is 0 Å². The number of H-pyrrole nitrogens is 1. The van der Waals surface area contributed by atoms with Gasteiger partial charge < -0.3 is 10.1 Å². The van der Waals surface area contributed by atoms with Crippen LogP contribution in [0.4, 0.5) is 5.69 Å². The summed E-state index contributed by atoms with van der Waals surface area (Å²) in [5.41, 5.74) is 3.46. The van der Waals surface area contributed by atoms with E-state index in [4.69, 9.17) is 4.74 Å². The molecule has 2 aromatic carbocycles. The van der Waals surface area contributed by atoms with Crippen molar-refractivity contribution in [3.8, 4) is 11.3 Å². The average Bonchev–Trinajstić information content (AvgIpc) is 3.19. The number of anilines is 1. The minimum Gasteiger partial charge on any atom is -0.448 e. The zero-order chi connectivity index (χ0) is 20.1. The Balaban J connectivity index is 1.64. The van der Waals surface area contributed by atoms with Gasteiger partial charge in [-0.2, -0.15) is 5.10 Å². The topological polar surface area (TPSA) is 84.1 Å². The first-order valence-electron chi connectivity index (χ1n) is 9.17. The maximum Gasteiger partial charge on any atom is 0.357 e. The Morgan fingerprint density at radius 1 is 1.00 bits per heavy atom. The lowest BCUT2D eigenvalue weighted by Gasteiger charge is -2.16. The van der Waals surface area contributed by atoms with Crippen molar-refractivity contribution < 1.29 is 14.3 Å². The minimum absolute atomic E-state index is 0.195. The summed E-state index contributed by atoms with van der Waals surface area (Å²) >= 11 is 0. The third kappa shape index (κ3) is 4.46. The van der Waals surface area contributed by atoms with Crippen LogP contribution in [0.15, 0.2) is 60.7 Å². The number of hydrogen-bond donors (Lipinski definition) is 2. The van der Waals surface area contributed by atoms with Crippen LogP contribution in [0, 0.1) is 0 Å². The van der Waals surface area contributed by atoms with Gasteiger partial charge in [0.15, 0.2) is 6.10 Å². The van der Waals surface area contributed by atoms with Crippen molar-refractivity contribution in [2.75, 3.05) is 5.32 Å². The van der Waals surface area contributed by atoms with Crippen LogP contribution in [0.2, 0.25) is 0 Å². The lowest BCUT2D eigenvalue weighted by atomic mass is 10.0. The van der Waals surface area contributed by atoms with Gasteiger partial charge in [0.25, 0.3) is 5.91 Å². The Bertz CT molecular complexity index is 964. The van der Waals surface area contributed by atoms with Gasteiger partial charge in [-0.1, -0.05) is 62.4 Å². The summed E-state index contributed by atoms with van der Waals surface area (Å²) in [5.74, 6) is -0.755. The number of carbonyl (C=O) groups excluding carboxylic acids is 2. The molecule has 144 valence electrons. The number of aromatic amines is 1. The highest BCUT2D eigenvalue weighted by Crippen LogP contribution is 2.24. The number of ether oxygens (including phenoxy) is 1. The van der Waals surface area contributed by atoms with Gasteiger partial charge in [0.1, 0.15) is 5.69 Å². The summed E-state index contributed by atoms with van der Waals surface area (Å²) in [7, 11) is 0. The Hall–Kier alpha value is -3.41. The summed E-state index contributed by atoms with van der Waals surface area (Å²) in [6.45, 7) is 5.65. The van der Waals surface area contributed by atoms with Gasteiger partial charge >= 0.3 is 5.97 Å². The molecule has 0 radical (unpaired) electrons. The largest absolute Gasteiger partial charge is 0.448 e. The number of nitrogens with one attached hydrogen (secondary N) is 2. The molecule has 0 bridgehead atoms. The number of esters is 1. The van der Waals surface area contributed by atoms with E-state index < -0.39 is 12.1 Å². The fraction of sp³-hybridized carbons (Fsp3) is 0.227. The molecule has 6 nitrogen and oxygen atoms in total. The maximum absolute atomic E-state index is 12.5. The van der Waals surface area contributed by atoms with Crippen LogP contribution in [0.3, 0.4) is 0 Å². The molecule has 1 amide bonds. The summed E-state index contributed by atoms with van der Waals surface area (Å²) in [5, 5.41) is 9.64. The quantitative estimate of drug-likeness (QED) is 0.624. The molecule has 0 spiro atoms. The number of aromatic nitrogens is 2. The Morgan fingerprint density at radius 2 is 1.68 bits per heavy atom. The number of carbonyl (C=O) groups is 2. The Labute approximate surface area is 163 Å². The Morgan fingerprint density at radius 3 is 2.39 bits per heavy atom. The molecular formula is C22H23N3O3. The van der Waals surface area contributed by atoms with E-state index in [1.54, 1.807) is 13.0 Å². The van der Waals surface area contributed by atoms with E-state index in [0.717, 1.165) is 16.8 Å². The van der Waals surface area contributed by atoms with Crippen molar-refractivity contribution in [3.63, 3.8) is 0 Å². The first-order valence-corrected chi connectivity index (χ1v) is 9.17. The van der Waals surface area contributed by atoms with Crippen molar-refractivity contribution in [2.24, 2.45) is 0 Å². The number of para-hydroxylation sites is 1. The predicted molar refractivity (Wildman–Crippen MR) is 108 cm³/mol. The summed E-state index contributed by atoms with van der Waals surface area (Å²) in [6, 6.07) is 18.7. The highest BCUT2D eigenvalue weighted by Gasteiger charge is 2.21. The highest BCUT2D eigenvalue weighted by molar-refractivity contribution is 5.97. The van der Waals surface area contributed by atoms with Gasteiger partial charge in [-0.25, -0.2) is 4.79 Å². The lowest BCUT2D eigenvalue weighted by Crippen LogP contribution is -2.30. The van der Waals surface area contributed by atoms with Crippen LogP contribution in [-0.4, -0.2) is 28.2 Å². The molecule has 0 aliphatic heterocycles. The minimum atomic E-state index is -0.948. The van der Waals surface area contributed by atoms with E-state index in [0.29, 0.717) is 5.69 Å². The zero-order valence-electron chi connectivity index (χ0n) is 16.1. The number of hydrogen-bond acceptors (Lipinski definition) is 4. The Kier molecular flexibility index (Phi) is 5.89. The SMILES string of the molecule is CC(C)c1ccccc1NC(=O)[C@@H](C)OC(=O)c1cc(-c2ccccc2)n[nH]1. The van der Waals surface area contributed by atoms with Crippen LogP contribution < -0.4 is 5.32 Å². The van der Waals surface area contributed by atoms with E-state index in [9.17, 15) is 9.59 Å². The molecule has 3 rings (SSSR count). The molecule has 2 N–H and O–H groups in total. The highest BCUT2D eigenvalue weighted by atomic mass is 16.5. The molecule has 0 saturated carbocycles. The second-order valence-electron chi connectivity index (χ2n) is 6.81. The fourth-order valence-corrected chi connectivity index (χ4v) is 2.81. The molecule has 1 atom stereocenters. The number of amides is 1. The van der Waals surface area contributed by atoms with E-state index >= 15 is 0 Å². The van der Waals surface area contributed by atoms with Crippen molar-refractivity contribution >= 4 is 17.6 Å². The smallest absolute Gasteiger partial charge is 0.357 e. The van der Waals surface area contributed by atoms with E-state index in [1.807, 2.05) is 54.6 Å². The van der Waals surface area contributed by atoms with Crippen LogP contribution in [0.1, 0.15) is 42.7 Å². The van der Waals surface area contributed by atoms with Gasteiger partial charge in [-0.3, -0.25) is 9.89 Å². The lowest BCUT2D eigenvalue weighted by molar-refractivity contribution is -0.123. The molecular weight excluding hydrogens is 354 g/mol. The first kappa shape index (κ1) is 19.4. The predicted octanol–water partition coefficient (Wildman–Crippen LogP) is 4.38. The molecule has 0 aliphatic rings. The molecule has 0 fully saturated rings. The van der Waals surface area contributed by atoms with Crippen LogP contribution in [0.25, 0.3) is 11.3 Å². The van der Waals surface area contributed by atoms with Crippen LogP contribution >= 0.6 is 0 Å². The number of rotatable bonds is 6. The molecule has 1 heterocycles. The summed E-state index contributed by atoms with van der Waals surface area (Å²) in [6.07, 6.45) is -0.948. The van der Waals surface area contributed by atoms with Gasteiger partial charge in [-0.15, -0.1) is 0 Å². The summed E-state index contributed by atoms with van der Waals surface area (Å²) < 4.78 is 5.30. The van der Waals surface area contributed by atoms with Crippen LogP contribution in [0.5, 0.6) is 0 Å². The maximum atomic E-state index is 12.5. The molecule has 3 aromatic rings. The van der Waals surface area contributed by atoms with Crippen molar-refractivity contribution in [3.05, 3.63) is 71.9 Å². The van der Waals surface area contributed by atoms with Gasteiger partial charge in [0, 0.05) is 11.3 Å². The zero-order valence-corrected chi connectivity index (χ0v) is 16.1. The monoisotopic (exact) mass is 377 g/mol. The van der Waals surface area contributed by atoms with Crippen molar-refractivity contribution in [2.45, 2.75) is 32.8 Å². The van der Waals surface area contributed by atoms with E-state index in [2.05, 4.69) is 29.4 Å². The second kappa shape index (κ2) is 8.52. The molecule has 6 heteroatoms. The van der Waals surface area contributed by atoms with Gasteiger partial charge in [0.2, 0.25) is 0 Å². The summed E-state index contributed by atoms with van der Waals surface area (Å²) in [4.78, 5) is 24.8. The first-order chi connectivity index (χ1) is 13.5. The fourth-order valence-electron chi connectivity index (χ4n) is 2.81. The molecule has 0 saturated heterocycles. The van der Waals surface area contributed by atoms with E-state index in [-0.39, 0.29) is 17.5 Å². The molecule has 1 aromatic heterocycles. The molecule has 28 heavy (non-hydrogen) atoms. The van der Waals surface area contributed by atoms with Gasteiger partial charge in [0.05, 0.1) is 5.69 Å². The number of benzene rings is 2. The van der Waals surface area contributed by atoms with Crippen LogP contribution in [-0.2, 0) is 9.53 Å². The normalized spacial score (nSPS) is 11.9. The molecule has 0 unspecified atom stereocenters.